The van der Waals surface area contributed by atoms with Crippen molar-refractivity contribution in [2.24, 2.45) is 0 Å². The van der Waals surface area contributed by atoms with Crippen LogP contribution in [0, 0.1) is 0 Å². The molecule has 2 N–H and O–H groups in total. The van der Waals surface area contributed by atoms with Gasteiger partial charge in [-0.2, -0.15) is 0 Å². The lowest BCUT2D eigenvalue weighted by Crippen LogP contribution is -2.14. The van der Waals surface area contributed by atoms with E-state index in [-0.39, 0.29) is 69.0 Å². The molecule has 4 heteroatoms. The molecule has 4 aromatic rings. The zero-order valence-corrected chi connectivity index (χ0v) is 15.6. The molecule has 0 atom stereocenters. The highest BCUT2D eigenvalue weighted by Crippen LogP contribution is 2.18. The standard InChI is InChI=1S/2C12H16N2/c2*1-14(2)8-7-10-9-13-12-6-4-3-5-11(10)12/h2*3-6,9,13H,7-8H2,1-2H3/i1D3,3D,4D,5D,6D,7D2,8D2,9D;3D,4D,5D,6D,8D2,9D. The minimum atomic E-state index is -3.11. The molecule has 4 nitrogen and oxygen atoms in total. The third kappa shape index (κ3) is 5.24. The van der Waals surface area contributed by atoms with Gasteiger partial charge in [-0.25, -0.2) is 0 Å². The summed E-state index contributed by atoms with van der Waals surface area (Å²) in [4.78, 5) is 6.57. The maximum atomic E-state index is 8.22. The first-order chi connectivity index (χ1) is 21.1. The number of rotatable bonds is 6. The molecule has 148 valence electrons. The molecular formula is C24H32N4. The predicted molar refractivity (Wildman–Crippen MR) is 121 cm³/mol. The Labute approximate surface area is 194 Å². The average Bonchev–Trinajstić information content (AvgIpc) is 3.48. The van der Waals surface area contributed by atoms with Gasteiger partial charge in [0.15, 0.2) is 0 Å². The van der Waals surface area contributed by atoms with Gasteiger partial charge in [0.25, 0.3) is 0 Å². The van der Waals surface area contributed by atoms with E-state index in [9.17, 15) is 0 Å². The molecule has 0 aliphatic carbocycles. The number of aromatic amines is 2. The van der Waals surface area contributed by atoms with Crippen molar-refractivity contribution in [1.29, 1.82) is 0 Å². The van der Waals surface area contributed by atoms with Gasteiger partial charge < -0.3 is 19.8 Å². The number of likely N-dealkylation sites (N-methyl/N-ethyl adjacent to an activating group) is 2. The molecule has 0 aliphatic rings. The first-order valence-electron chi connectivity index (χ1n) is 17.7. The van der Waals surface area contributed by atoms with Crippen LogP contribution in [0.5, 0.6) is 0 Å². The number of nitrogens with one attached hydrogen (secondary N) is 2. The van der Waals surface area contributed by atoms with E-state index in [0.29, 0.717) is 0 Å². The molecule has 2 heterocycles. The van der Waals surface area contributed by atoms with E-state index in [4.69, 9.17) is 26.0 Å². The topological polar surface area (TPSA) is 38.1 Å². The van der Waals surface area contributed by atoms with Crippen molar-refractivity contribution in [2.75, 3.05) is 41.1 Å². The number of fused-ring (bicyclic) bond motifs is 2. The van der Waals surface area contributed by atoms with Gasteiger partial charge in [-0.1, -0.05) is 36.3 Å². The van der Waals surface area contributed by atoms with Crippen LogP contribution in [0.15, 0.2) is 60.7 Å². The van der Waals surface area contributed by atoms with Gasteiger partial charge in [-0.3, -0.25) is 0 Å². The lowest BCUT2D eigenvalue weighted by atomic mass is 10.1. The van der Waals surface area contributed by atoms with E-state index >= 15 is 0 Å². The molecule has 0 bridgehead atoms. The zero-order valence-electron chi connectivity index (χ0n) is 34.6. The Kier molecular flexibility index (Phi) is 2.41. The maximum absolute atomic E-state index is 8.22. The quantitative estimate of drug-likeness (QED) is 0.503. The molecule has 0 amide bonds. The van der Waals surface area contributed by atoms with Gasteiger partial charge >= 0.3 is 0 Å². The van der Waals surface area contributed by atoms with Crippen LogP contribution < -0.4 is 0 Å². The molecule has 0 fully saturated rings. The summed E-state index contributed by atoms with van der Waals surface area (Å²) in [7, 11) is 4.03. The summed E-state index contributed by atoms with van der Waals surface area (Å²) in [6.07, 6.45) is -3.95. The summed E-state index contributed by atoms with van der Waals surface area (Å²) in [6, 6.07) is -3.64. The summed E-state index contributed by atoms with van der Waals surface area (Å²) < 4.78 is 149. The van der Waals surface area contributed by atoms with Crippen molar-refractivity contribution in [1.82, 2.24) is 19.8 Å². The first-order valence-corrected chi connectivity index (χ1v) is 8.22. The van der Waals surface area contributed by atoms with Crippen molar-refractivity contribution < 1.29 is 26.0 Å². The van der Waals surface area contributed by atoms with Gasteiger partial charge in [0, 0.05) is 59.5 Å². The number of hydrogen-bond donors (Lipinski definition) is 2. The molecule has 2 aromatic carbocycles. The van der Waals surface area contributed by atoms with E-state index in [0.717, 1.165) is 7.05 Å². The summed E-state index contributed by atoms with van der Waals surface area (Å²) in [5, 5.41) is -0.189. The second-order valence-electron chi connectivity index (χ2n) is 5.88. The Bertz CT molecular complexity index is 1840. The largest absolute Gasteiger partial charge is 0.361 e. The average molecular weight is 396 g/mol. The number of nitrogens with zero attached hydrogens (tertiary/aromatic N) is 2. The monoisotopic (exact) mass is 395 g/mol. The Morgan fingerprint density at radius 1 is 0.821 bits per heavy atom. The molecule has 28 heavy (non-hydrogen) atoms. The molecule has 0 aliphatic heterocycles. The second kappa shape index (κ2) is 9.58. The summed E-state index contributed by atoms with van der Waals surface area (Å²) in [5.74, 6) is 0. The number of H-pyrrole nitrogens is 2. The van der Waals surface area contributed by atoms with Crippen LogP contribution in [-0.4, -0.2) is 60.9 Å². The minimum Gasteiger partial charge on any atom is -0.361 e. The Balaban J connectivity index is 0.000000261. The third-order valence-electron chi connectivity index (χ3n) is 3.50. The van der Waals surface area contributed by atoms with Gasteiger partial charge in [-0.05, 0) is 64.1 Å². The molecule has 0 spiro atoms. The normalized spacial score (nSPS) is 23.1. The number of aromatic nitrogens is 2. The predicted octanol–water partition coefficient (Wildman–Crippen LogP) is 4.54. The molecule has 0 saturated carbocycles. The van der Waals surface area contributed by atoms with Gasteiger partial charge in [0.05, 0.1) is 13.7 Å². The number of benzene rings is 2. The number of hydrogen-bond acceptors (Lipinski definition) is 2. The Hall–Kier alpha value is -2.56. The molecule has 0 unspecified atom stereocenters. The minimum absolute atomic E-state index is 0.0808. The van der Waals surface area contributed by atoms with Gasteiger partial charge in [0.1, 0.15) is 0 Å². The zero-order chi connectivity index (χ0) is 36.5. The van der Waals surface area contributed by atoms with Crippen molar-refractivity contribution in [3.63, 3.8) is 0 Å². The van der Waals surface area contributed by atoms with Gasteiger partial charge in [0.2, 0.25) is 0 Å². The van der Waals surface area contributed by atoms with E-state index in [1.165, 1.54) is 4.90 Å². The highest BCUT2D eigenvalue weighted by atomic mass is 15.0. The van der Waals surface area contributed by atoms with Crippen molar-refractivity contribution >= 4 is 21.8 Å². The van der Waals surface area contributed by atoms with Crippen LogP contribution in [-0.2, 0) is 12.8 Å². The highest BCUT2D eigenvalue weighted by molar-refractivity contribution is 5.83. The van der Waals surface area contributed by atoms with Crippen LogP contribution in [0.2, 0.25) is 0 Å². The van der Waals surface area contributed by atoms with Crippen molar-refractivity contribution in [3.8, 4) is 0 Å². The smallest absolute Gasteiger partial charge is 0.0819 e. The number of aryl methyl sites for hydroxylation is 2. The van der Waals surface area contributed by atoms with Crippen LogP contribution in [0.1, 0.15) is 37.2 Å². The molecule has 0 radical (unpaired) electrons. The van der Waals surface area contributed by atoms with Gasteiger partial charge in [-0.15, -0.1) is 0 Å². The van der Waals surface area contributed by atoms with E-state index in [1.54, 1.807) is 14.1 Å². The summed E-state index contributed by atoms with van der Waals surface area (Å²) in [5.41, 5.74) is -0.501. The molecular weight excluding hydrogens is 344 g/mol. The van der Waals surface area contributed by atoms with E-state index in [2.05, 4.69) is 9.97 Å². The van der Waals surface area contributed by atoms with Crippen LogP contribution in [0.4, 0.5) is 0 Å². The fourth-order valence-electron chi connectivity index (χ4n) is 2.22. The SMILES string of the molecule is [2H]c1[nH]c2c([2H])c([2H])c([2H])c([2H])c2c1C([2H])([2H])C([2H])([2H])N(C)C([2H])([2H])[2H].[2H]c1[nH]c2c([2H])c([2H])c([2H])c([2H])c2c1CC([2H])([2H])N(C)C. The van der Waals surface area contributed by atoms with Crippen molar-refractivity contribution in [3.05, 3.63) is 71.8 Å². The van der Waals surface area contributed by atoms with E-state index < -0.39 is 62.2 Å². The fraction of sp³-hybridized carbons (Fsp3) is 0.333. The summed E-state index contributed by atoms with van der Waals surface area (Å²) >= 11 is 0. The van der Waals surface area contributed by atoms with Crippen LogP contribution >= 0.6 is 0 Å². The molecule has 0 saturated heterocycles. The Morgan fingerprint density at radius 3 is 2.00 bits per heavy atom. The van der Waals surface area contributed by atoms with Crippen LogP contribution in [0.3, 0.4) is 0 Å². The lowest BCUT2D eigenvalue weighted by molar-refractivity contribution is 0.414. The molecule has 4 rings (SSSR count). The van der Waals surface area contributed by atoms with E-state index in [1.807, 2.05) is 0 Å². The summed E-state index contributed by atoms with van der Waals surface area (Å²) in [6.45, 7) is -7.80. The fourth-order valence-corrected chi connectivity index (χ4v) is 2.22. The lowest BCUT2D eigenvalue weighted by Gasteiger charge is -2.07. The number of para-hydroxylation sites is 2. The van der Waals surface area contributed by atoms with Crippen LogP contribution in [0.25, 0.3) is 21.8 Å². The maximum Gasteiger partial charge on any atom is 0.0819 e. The Morgan fingerprint density at radius 2 is 1.39 bits per heavy atom. The first kappa shape index (κ1) is 7.05. The third-order valence-corrected chi connectivity index (χ3v) is 3.50. The highest BCUT2D eigenvalue weighted by Gasteiger charge is 2.03. The second-order valence-corrected chi connectivity index (χ2v) is 5.88. The van der Waals surface area contributed by atoms with Crippen molar-refractivity contribution in [2.45, 2.75) is 12.8 Å². The molecule has 2 aromatic heterocycles.